The van der Waals surface area contributed by atoms with Crippen LogP contribution in [-0.4, -0.2) is 24.6 Å². The van der Waals surface area contributed by atoms with Crippen LogP contribution in [0.5, 0.6) is 0 Å². The molecule has 38 heavy (non-hydrogen) atoms. The summed E-state index contributed by atoms with van der Waals surface area (Å²) in [6.07, 6.45) is 32.9. The van der Waals surface area contributed by atoms with Gasteiger partial charge in [-0.3, -0.25) is 9.59 Å². The van der Waals surface area contributed by atoms with E-state index in [1.54, 1.807) is 0 Å². The van der Waals surface area contributed by atoms with Crippen molar-refractivity contribution in [1.29, 1.82) is 0 Å². The zero-order chi connectivity index (χ0) is 27.9. The first kappa shape index (κ1) is 36.9. The molecule has 1 atom stereocenters. The van der Waals surface area contributed by atoms with Crippen molar-refractivity contribution in [2.75, 3.05) is 6.61 Å². The minimum Gasteiger partial charge on any atom is -0.466 e. The van der Waals surface area contributed by atoms with E-state index < -0.39 is 0 Å². The molecule has 1 unspecified atom stereocenters. The van der Waals surface area contributed by atoms with Crippen LogP contribution >= 0.6 is 0 Å². The summed E-state index contributed by atoms with van der Waals surface area (Å²) in [6.45, 7) is 6.58. The van der Waals surface area contributed by atoms with Gasteiger partial charge in [-0.1, -0.05) is 142 Å². The van der Waals surface area contributed by atoms with Crippen molar-refractivity contribution in [2.45, 2.75) is 200 Å². The van der Waals surface area contributed by atoms with Crippen molar-refractivity contribution in [3.8, 4) is 0 Å². The first-order valence-corrected chi connectivity index (χ1v) is 16.9. The van der Waals surface area contributed by atoms with Gasteiger partial charge >= 0.3 is 11.9 Å². The van der Waals surface area contributed by atoms with Gasteiger partial charge in [-0.05, 0) is 38.5 Å². The van der Waals surface area contributed by atoms with Gasteiger partial charge in [-0.15, -0.1) is 0 Å². The second kappa shape index (κ2) is 30.5. The summed E-state index contributed by atoms with van der Waals surface area (Å²) < 4.78 is 10.9. The van der Waals surface area contributed by atoms with E-state index in [1.165, 1.54) is 129 Å². The molecular formula is C34H66O4. The fourth-order valence-corrected chi connectivity index (χ4v) is 5.20. The zero-order valence-electron chi connectivity index (χ0n) is 26.0. The lowest BCUT2D eigenvalue weighted by Gasteiger charge is -2.17. The highest BCUT2D eigenvalue weighted by molar-refractivity contribution is 5.69. The average molecular weight is 539 g/mol. The minimum absolute atomic E-state index is 0.000777. The first-order valence-electron chi connectivity index (χ1n) is 16.9. The third kappa shape index (κ3) is 29.5. The van der Waals surface area contributed by atoms with Crippen LogP contribution in [-0.2, 0) is 19.1 Å². The van der Waals surface area contributed by atoms with Crippen LogP contribution in [0.4, 0.5) is 0 Å². The van der Waals surface area contributed by atoms with Crippen molar-refractivity contribution in [2.24, 2.45) is 0 Å². The molecule has 0 rings (SSSR count). The number of esters is 2. The highest BCUT2D eigenvalue weighted by atomic mass is 16.5. The number of ether oxygens (including phenoxy) is 2. The van der Waals surface area contributed by atoms with E-state index in [0.29, 0.717) is 13.0 Å². The summed E-state index contributed by atoms with van der Waals surface area (Å²) >= 11 is 0. The molecular weight excluding hydrogens is 472 g/mol. The molecule has 0 radical (unpaired) electrons. The van der Waals surface area contributed by atoms with Gasteiger partial charge in [0.15, 0.2) is 0 Å². The van der Waals surface area contributed by atoms with Crippen molar-refractivity contribution in [1.82, 2.24) is 0 Å². The molecule has 0 heterocycles. The van der Waals surface area contributed by atoms with Crippen molar-refractivity contribution >= 4 is 11.9 Å². The van der Waals surface area contributed by atoms with Crippen LogP contribution < -0.4 is 0 Å². The molecule has 0 N–H and O–H groups in total. The number of carbonyl (C=O) groups is 2. The van der Waals surface area contributed by atoms with Gasteiger partial charge in [-0.2, -0.15) is 0 Å². The highest BCUT2D eigenvalue weighted by Crippen LogP contribution is 2.17. The fourth-order valence-electron chi connectivity index (χ4n) is 5.20. The van der Waals surface area contributed by atoms with Crippen LogP contribution in [0.15, 0.2) is 0 Å². The van der Waals surface area contributed by atoms with E-state index in [2.05, 4.69) is 13.8 Å². The summed E-state index contributed by atoms with van der Waals surface area (Å²) in [5, 5.41) is 0. The summed E-state index contributed by atoms with van der Waals surface area (Å²) in [5.41, 5.74) is 0. The molecule has 4 nitrogen and oxygen atoms in total. The van der Waals surface area contributed by atoms with Crippen molar-refractivity contribution in [3.63, 3.8) is 0 Å². The fraction of sp³-hybridized carbons (Fsp3) is 0.941. The van der Waals surface area contributed by atoms with Crippen molar-refractivity contribution in [3.05, 3.63) is 0 Å². The molecule has 0 aliphatic rings. The Bertz CT molecular complexity index is 505. The second-order valence-electron chi connectivity index (χ2n) is 11.6. The third-order valence-electron chi connectivity index (χ3n) is 7.63. The van der Waals surface area contributed by atoms with E-state index in [4.69, 9.17) is 9.47 Å². The smallest absolute Gasteiger partial charge is 0.305 e. The van der Waals surface area contributed by atoms with Gasteiger partial charge in [0.25, 0.3) is 0 Å². The normalized spacial score (nSPS) is 12.0. The Labute approximate surface area is 237 Å². The molecule has 0 saturated heterocycles. The monoisotopic (exact) mass is 538 g/mol. The van der Waals surface area contributed by atoms with Crippen molar-refractivity contribution < 1.29 is 19.1 Å². The topological polar surface area (TPSA) is 52.6 Å². The molecule has 0 aromatic rings. The molecule has 0 fully saturated rings. The average Bonchev–Trinajstić information content (AvgIpc) is 2.89. The molecule has 226 valence electrons. The molecule has 0 aliphatic heterocycles. The third-order valence-corrected chi connectivity index (χ3v) is 7.63. The second-order valence-corrected chi connectivity index (χ2v) is 11.6. The van der Waals surface area contributed by atoms with Crippen LogP contribution in [0.2, 0.25) is 0 Å². The molecule has 0 amide bonds. The van der Waals surface area contributed by atoms with Crippen LogP contribution in [0.25, 0.3) is 0 Å². The molecule has 0 aromatic carbocycles. The summed E-state index contributed by atoms with van der Waals surface area (Å²) in [4.78, 5) is 23.5. The standard InChI is InChI=1S/C34H66O4/c1-4-6-8-10-12-14-15-16-17-18-19-21-23-27-31-37-34(36)30-26-25-29-33(38-32(3)35)28-24-22-20-13-11-9-7-5-2/h33H,4-31H2,1-3H3. The molecule has 0 bridgehead atoms. The largest absolute Gasteiger partial charge is 0.466 e. The maximum absolute atomic E-state index is 12.0. The highest BCUT2D eigenvalue weighted by Gasteiger charge is 2.12. The lowest BCUT2D eigenvalue weighted by Crippen LogP contribution is -2.16. The number of rotatable bonds is 30. The summed E-state index contributed by atoms with van der Waals surface area (Å²) in [7, 11) is 0. The van der Waals surface area contributed by atoms with E-state index in [9.17, 15) is 9.59 Å². The molecule has 0 aromatic heterocycles. The lowest BCUT2D eigenvalue weighted by molar-refractivity contribution is -0.147. The molecule has 0 spiro atoms. The van der Waals surface area contributed by atoms with Crippen LogP contribution in [0.3, 0.4) is 0 Å². The SMILES string of the molecule is CCCCCCCCCCCCCCCCOC(=O)CCCCC(CCCCCCCCCC)OC(C)=O. The maximum Gasteiger partial charge on any atom is 0.305 e. The number of hydrogen-bond donors (Lipinski definition) is 0. The van der Waals surface area contributed by atoms with Crippen LogP contribution in [0.1, 0.15) is 194 Å². The Hall–Kier alpha value is -1.06. The maximum atomic E-state index is 12.0. The number of unbranched alkanes of at least 4 members (excludes halogenated alkanes) is 21. The Morgan fingerprint density at radius 1 is 0.500 bits per heavy atom. The number of hydrogen-bond acceptors (Lipinski definition) is 4. The quantitative estimate of drug-likeness (QED) is 0.0674. The van der Waals surface area contributed by atoms with Gasteiger partial charge < -0.3 is 9.47 Å². The zero-order valence-corrected chi connectivity index (χ0v) is 26.0. The minimum atomic E-state index is -0.192. The summed E-state index contributed by atoms with van der Waals surface area (Å²) in [6, 6.07) is 0. The van der Waals surface area contributed by atoms with Crippen LogP contribution in [0, 0.1) is 0 Å². The van der Waals surface area contributed by atoms with Gasteiger partial charge in [0.1, 0.15) is 6.10 Å². The van der Waals surface area contributed by atoms with E-state index in [-0.39, 0.29) is 18.0 Å². The molecule has 0 aliphatic carbocycles. The molecule has 4 heteroatoms. The Morgan fingerprint density at radius 2 is 0.868 bits per heavy atom. The Kier molecular flexibility index (Phi) is 29.6. The van der Waals surface area contributed by atoms with E-state index in [0.717, 1.165) is 44.9 Å². The molecule has 0 saturated carbocycles. The number of carbonyl (C=O) groups excluding carboxylic acids is 2. The van der Waals surface area contributed by atoms with Gasteiger partial charge in [0.05, 0.1) is 6.61 Å². The van der Waals surface area contributed by atoms with Gasteiger partial charge in [0, 0.05) is 13.3 Å². The predicted molar refractivity (Wildman–Crippen MR) is 163 cm³/mol. The summed E-state index contributed by atoms with van der Waals surface area (Å²) in [5.74, 6) is -0.269. The Balaban J connectivity index is 3.55. The van der Waals surface area contributed by atoms with Gasteiger partial charge in [0.2, 0.25) is 0 Å². The van der Waals surface area contributed by atoms with E-state index in [1.807, 2.05) is 0 Å². The predicted octanol–water partition coefficient (Wildman–Crippen LogP) is 11.0. The van der Waals surface area contributed by atoms with Gasteiger partial charge in [-0.25, -0.2) is 0 Å². The lowest BCUT2D eigenvalue weighted by atomic mass is 10.0. The Morgan fingerprint density at radius 3 is 1.29 bits per heavy atom. The first-order chi connectivity index (χ1) is 18.6. The van der Waals surface area contributed by atoms with E-state index >= 15 is 0 Å².